The number of hydrogen-bond donors (Lipinski definition) is 1. The maximum absolute atomic E-state index is 6.01. The van der Waals surface area contributed by atoms with Crippen LogP contribution in [0.15, 0.2) is 0 Å². The third kappa shape index (κ3) is 3.39. The number of nitrogens with zero attached hydrogens (tertiary/aromatic N) is 4. The first-order valence-electron chi connectivity index (χ1n) is 7.61. The molecule has 1 aromatic rings. The lowest BCUT2D eigenvalue weighted by Gasteiger charge is -2.36. The van der Waals surface area contributed by atoms with Crippen LogP contribution in [-0.4, -0.2) is 47.6 Å². The van der Waals surface area contributed by atoms with Gasteiger partial charge in [-0.2, -0.15) is 0 Å². The van der Waals surface area contributed by atoms with Gasteiger partial charge in [0.25, 0.3) is 0 Å². The van der Waals surface area contributed by atoms with Crippen molar-refractivity contribution in [3.8, 4) is 0 Å². The second kappa shape index (κ2) is 6.39. The standard InChI is InChI=1S/C15H27N5/c1-5-13-17-14(16)12(4)15(18-13)20-8-6-19(7-9-20)10-11(2)3/h11H,5-10H2,1-4H3,(H2,16,17,18). The van der Waals surface area contributed by atoms with E-state index in [1.54, 1.807) is 0 Å². The number of anilines is 2. The summed E-state index contributed by atoms with van der Waals surface area (Å²) in [4.78, 5) is 13.9. The van der Waals surface area contributed by atoms with E-state index >= 15 is 0 Å². The molecular weight excluding hydrogens is 250 g/mol. The molecule has 1 aliphatic heterocycles. The molecule has 0 spiro atoms. The second-order valence-corrected chi connectivity index (χ2v) is 6.01. The van der Waals surface area contributed by atoms with Crippen LogP contribution in [0, 0.1) is 12.8 Å². The van der Waals surface area contributed by atoms with Gasteiger partial charge in [-0.05, 0) is 12.8 Å². The van der Waals surface area contributed by atoms with E-state index in [2.05, 4.69) is 40.5 Å². The zero-order valence-corrected chi connectivity index (χ0v) is 13.2. The lowest BCUT2D eigenvalue weighted by Crippen LogP contribution is -2.48. The molecule has 0 bridgehead atoms. The third-order valence-corrected chi connectivity index (χ3v) is 3.82. The molecule has 20 heavy (non-hydrogen) atoms. The first-order valence-corrected chi connectivity index (χ1v) is 7.61. The summed E-state index contributed by atoms with van der Waals surface area (Å²) in [6.45, 7) is 14.1. The molecule has 0 saturated carbocycles. The zero-order chi connectivity index (χ0) is 14.7. The van der Waals surface area contributed by atoms with Gasteiger partial charge >= 0.3 is 0 Å². The predicted octanol–water partition coefficient (Wildman–Crippen LogP) is 1.71. The van der Waals surface area contributed by atoms with Crippen molar-refractivity contribution in [2.45, 2.75) is 34.1 Å². The third-order valence-electron chi connectivity index (χ3n) is 3.82. The first kappa shape index (κ1) is 15.0. The van der Waals surface area contributed by atoms with Crippen LogP contribution in [-0.2, 0) is 6.42 Å². The molecule has 2 N–H and O–H groups in total. The maximum atomic E-state index is 6.01. The predicted molar refractivity (Wildman–Crippen MR) is 84.1 cm³/mol. The summed E-state index contributed by atoms with van der Waals surface area (Å²) in [7, 11) is 0. The van der Waals surface area contributed by atoms with E-state index in [-0.39, 0.29) is 0 Å². The zero-order valence-electron chi connectivity index (χ0n) is 13.2. The van der Waals surface area contributed by atoms with Gasteiger partial charge in [-0.1, -0.05) is 20.8 Å². The van der Waals surface area contributed by atoms with Crippen LogP contribution in [0.3, 0.4) is 0 Å². The van der Waals surface area contributed by atoms with Gasteiger partial charge in [-0.3, -0.25) is 4.90 Å². The lowest BCUT2D eigenvalue weighted by molar-refractivity contribution is 0.231. The second-order valence-electron chi connectivity index (χ2n) is 6.01. The Morgan fingerprint density at radius 3 is 2.35 bits per heavy atom. The molecule has 1 aliphatic rings. The smallest absolute Gasteiger partial charge is 0.137 e. The molecule has 5 heteroatoms. The first-order chi connectivity index (χ1) is 9.51. The Hall–Kier alpha value is -1.36. The fourth-order valence-corrected chi connectivity index (χ4v) is 2.69. The molecule has 2 rings (SSSR count). The molecule has 0 atom stereocenters. The van der Waals surface area contributed by atoms with Gasteiger partial charge in [0.05, 0.1) is 0 Å². The molecule has 0 aromatic carbocycles. The van der Waals surface area contributed by atoms with Crippen molar-refractivity contribution in [3.05, 3.63) is 11.4 Å². The highest BCUT2D eigenvalue weighted by Crippen LogP contribution is 2.23. The van der Waals surface area contributed by atoms with E-state index in [1.165, 1.54) is 6.54 Å². The topological polar surface area (TPSA) is 58.3 Å². The number of nitrogens with two attached hydrogens (primary N) is 1. The minimum absolute atomic E-state index is 0.622. The Labute approximate surface area is 122 Å². The summed E-state index contributed by atoms with van der Waals surface area (Å²) < 4.78 is 0. The van der Waals surface area contributed by atoms with E-state index in [0.29, 0.717) is 5.82 Å². The Balaban J connectivity index is 2.08. The maximum Gasteiger partial charge on any atom is 0.137 e. The van der Waals surface area contributed by atoms with E-state index < -0.39 is 0 Å². The molecule has 112 valence electrons. The van der Waals surface area contributed by atoms with Gasteiger partial charge in [0.2, 0.25) is 0 Å². The number of rotatable bonds is 4. The number of aromatic nitrogens is 2. The molecule has 1 aromatic heterocycles. The van der Waals surface area contributed by atoms with Crippen molar-refractivity contribution in [2.24, 2.45) is 5.92 Å². The van der Waals surface area contributed by atoms with Crippen LogP contribution in [0.1, 0.15) is 32.2 Å². The summed E-state index contributed by atoms with van der Waals surface area (Å²) >= 11 is 0. The van der Waals surface area contributed by atoms with Crippen LogP contribution in [0.4, 0.5) is 11.6 Å². The monoisotopic (exact) mass is 277 g/mol. The van der Waals surface area contributed by atoms with Crippen LogP contribution < -0.4 is 10.6 Å². The van der Waals surface area contributed by atoms with Crippen LogP contribution >= 0.6 is 0 Å². The highest BCUT2D eigenvalue weighted by Gasteiger charge is 2.21. The molecule has 0 amide bonds. The van der Waals surface area contributed by atoms with Gasteiger partial charge in [0.1, 0.15) is 17.5 Å². The van der Waals surface area contributed by atoms with Crippen LogP contribution in [0.2, 0.25) is 0 Å². The molecule has 2 heterocycles. The van der Waals surface area contributed by atoms with E-state index in [9.17, 15) is 0 Å². The van der Waals surface area contributed by atoms with Crippen molar-refractivity contribution < 1.29 is 0 Å². The van der Waals surface area contributed by atoms with E-state index in [0.717, 1.165) is 55.7 Å². The molecule has 1 fully saturated rings. The SMILES string of the molecule is CCc1nc(N)c(C)c(N2CCN(CC(C)C)CC2)n1. The largest absolute Gasteiger partial charge is 0.383 e. The molecular formula is C15H27N5. The summed E-state index contributed by atoms with van der Waals surface area (Å²) in [6, 6.07) is 0. The summed E-state index contributed by atoms with van der Waals surface area (Å²) in [6.07, 6.45) is 0.824. The number of nitrogen functional groups attached to an aromatic ring is 1. The quantitative estimate of drug-likeness (QED) is 0.908. The van der Waals surface area contributed by atoms with Crippen molar-refractivity contribution >= 4 is 11.6 Å². The minimum Gasteiger partial charge on any atom is -0.383 e. The Morgan fingerprint density at radius 2 is 1.80 bits per heavy atom. The summed E-state index contributed by atoms with van der Waals surface area (Å²) in [5.41, 5.74) is 7.02. The number of piperazine rings is 1. The highest BCUT2D eigenvalue weighted by atomic mass is 15.3. The molecule has 5 nitrogen and oxygen atoms in total. The summed E-state index contributed by atoms with van der Waals surface area (Å²) in [5.74, 6) is 3.22. The molecule has 1 saturated heterocycles. The van der Waals surface area contributed by atoms with Crippen molar-refractivity contribution in [2.75, 3.05) is 43.4 Å². The summed E-state index contributed by atoms with van der Waals surface area (Å²) in [5, 5.41) is 0. The molecule has 0 aliphatic carbocycles. The lowest BCUT2D eigenvalue weighted by atomic mass is 10.2. The number of aryl methyl sites for hydroxylation is 1. The average molecular weight is 277 g/mol. The van der Waals surface area contributed by atoms with Crippen molar-refractivity contribution in [1.29, 1.82) is 0 Å². The van der Waals surface area contributed by atoms with Crippen LogP contribution in [0.5, 0.6) is 0 Å². The van der Waals surface area contributed by atoms with Gasteiger partial charge in [0, 0.05) is 44.7 Å². The van der Waals surface area contributed by atoms with E-state index in [1.807, 2.05) is 6.92 Å². The normalized spacial score (nSPS) is 16.9. The van der Waals surface area contributed by atoms with Gasteiger partial charge in [-0.25, -0.2) is 9.97 Å². The Bertz CT molecular complexity index is 450. The Morgan fingerprint density at radius 1 is 1.15 bits per heavy atom. The van der Waals surface area contributed by atoms with Crippen molar-refractivity contribution in [1.82, 2.24) is 14.9 Å². The number of hydrogen-bond acceptors (Lipinski definition) is 5. The molecule has 0 unspecified atom stereocenters. The fraction of sp³-hybridized carbons (Fsp3) is 0.733. The average Bonchev–Trinajstić information content (AvgIpc) is 2.42. The molecule has 0 radical (unpaired) electrons. The van der Waals surface area contributed by atoms with Crippen molar-refractivity contribution in [3.63, 3.8) is 0 Å². The van der Waals surface area contributed by atoms with Gasteiger partial charge < -0.3 is 10.6 Å². The van der Waals surface area contributed by atoms with Crippen LogP contribution in [0.25, 0.3) is 0 Å². The highest BCUT2D eigenvalue weighted by molar-refractivity contribution is 5.56. The fourth-order valence-electron chi connectivity index (χ4n) is 2.69. The van der Waals surface area contributed by atoms with Gasteiger partial charge in [0.15, 0.2) is 0 Å². The van der Waals surface area contributed by atoms with E-state index in [4.69, 9.17) is 5.73 Å². The minimum atomic E-state index is 0.622. The Kier molecular flexibility index (Phi) is 4.81. The van der Waals surface area contributed by atoms with Gasteiger partial charge in [-0.15, -0.1) is 0 Å².